The zero-order valence-corrected chi connectivity index (χ0v) is 11.5. The number of aryl methyl sites for hydroxylation is 2. The van der Waals surface area contributed by atoms with Crippen LogP contribution >= 0.6 is 12.2 Å². The first-order valence-electron chi connectivity index (χ1n) is 6.64. The van der Waals surface area contributed by atoms with Gasteiger partial charge in [-0.15, -0.1) is 0 Å². The summed E-state index contributed by atoms with van der Waals surface area (Å²) in [7, 11) is 0. The van der Waals surface area contributed by atoms with Gasteiger partial charge in [0.15, 0.2) is 10.4 Å². The lowest BCUT2D eigenvalue weighted by molar-refractivity contribution is 0.677. The minimum absolute atomic E-state index is 0.222. The van der Waals surface area contributed by atoms with E-state index in [4.69, 9.17) is 12.2 Å². The first-order chi connectivity index (χ1) is 9.72. The summed E-state index contributed by atoms with van der Waals surface area (Å²) in [6.45, 7) is 0. The van der Waals surface area contributed by atoms with Crippen LogP contribution in [0.1, 0.15) is 24.1 Å². The SMILES string of the molecule is O=c1[nH]c(=S)[nH]c2n[nH]c(-c3cc4c([nH]3)CCCC4)c12. The van der Waals surface area contributed by atoms with Crippen LogP contribution in [0.3, 0.4) is 0 Å². The number of hydrogen-bond donors (Lipinski definition) is 4. The number of fused-ring (bicyclic) bond motifs is 2. The maximum atomic E-state index is 12.1. The molecular weight excluding hydrogens is 274 g/mol. The predicted molar refractivity (Wildman–Crippen MR) is 78.3 cm³/mol. The van der Waals surface area contributed by atoms with E-state index in [0.717, 1.165) is 18.5 Å². The van der Waals surface area contributed by atoms with Gasteiger partial charge in [0.25, 0.3) is 5.56 Å². The molecular formula is C13H13N5OS. The third-order valence-corrected chi connectivity index (χ3v) is 4.04. The van der Waals surface area contributed by atoms with Gasteiger partial charge in [-0.1, -0.05) is 0 Å². The summed E-state index contributed by atoms with van der Waals surface area (Å²) >= 11 is 4.95. The number of aromatic nitrogens is 5. The van der Waals surface area contributed by atoms with E-state index < -0.39 is 0 Å². The largest absolute Gasteiger partial charge is 0.357 e. The molecule has 4 rings (SSSR count). The molecule has 0 aromatic carbocycles. The van der Waals surface area contributed by atoms with Crippen LogP contribution in [0.5, 0.6) is 0 Å². The molecule has 102 valence electrons. The molecule has 3 aromatic heterocycles. The maximum Gasteiger partial charge on any atom is 0.263 e. The molecule has 1 aliphatic carbocycles. The van der Waals surface area contributed by atoms with E-state index in [9.17, 15) is 4.79 Å². The van der Waals surface area contributed by atoms with Crippen LogP contribution in [0.2, 0.25) is 0 Å². The summed E-state index contributed by atoms with van der Waals surface area (Å²) in [5.41, 5.74) is 4.50. The number of aromatic amines is 4. The van der Waals surface area contributed by atoms with Gasteiger partial charge in [-0.05, 0) is 49.5 Å². The molecule has 0 atom stereocenters. The predicted octanol–water partition coefficient (Wildman–Crippen LogP) is 2.18. The Morgan fingerprint density at radius 2 is 2.00 bits per heavy atom. The van der Waals surface area contributed by atoms with Gasteiger partial charge in [0, 0.05) is 5.69 Å². The van der Waals surface area contributed by atoms with Crippen molar-refractivity contribution < 1.29 is 0 Å². The van der Waals surface area contributed by atoms with E-state index in [0.29, 0.717) is 16.7 Å². The lowest BCUT2D eigenvalue weighted by Gasteiger charge is -2.08. The molecule has 6 nitrogen and oxygen atoms in total. The van der Waals surface area contributed by atoms with E-state index in [1.807, 2.05) is 0 Å². The van der Waals surface area contributed by atoms with Crippen molar-refractivity contribution in [3.8, 4) is 11.4 Å². The van der Waals surface area contributed by atoms with Crippen LogP contribution in [0, 0.1) is 4.77 Å². The Morgan fingerprint density at radius 1 is 1.15 bits per heavy atom. The molecule has 4 N–H and O–H groups in total. The van der Waals surface area contributed by atoms with E-state index in [1.165, 1.54) is 24.1 Å². The summed E-state index contributed by atoms with van der Waals surface area (Å²) in [4.78, 5) is 21.0. The Hall–Kier alpha value is -2.15. The molecule has 0 saturated carbocycles. The average Bonchev–Trinajstić information content (AvgIpc) is 3.00. The highest BCUT2D eigenvalue weighted by Crippen LogP contribution is 2.28. The van der Waals surface area contributed by atoms with Crippen LogP contribution < -0.4 is 5.56 Å². The lowest BCUT2D eigenvalue weighted by atomic mass is 9.98. The van der Waals surface area contributed by atoms with Crippen molar-refractivity contribution in [2.24, 2.45) is 0 Å². The molecule has 0 radical (unpaired) electrons. The molecule has 0 amide bonds. The van der Waals surface area contributed by atoms with Crippen LogP contribution in [0.15, 0.2) is 10.9 Å². The van der Waals surface area contributed by atoms with Gasteiger partial charge in [0.2, 0.25) is 0 Å². The molecule has 3 aromatic rings. The summed E-state index contributed by atoms with van der Waals surface area (Å²) < 4.78 is 0.284. The highest BCUT2D eigenvalue weighted by atomic mass is 32.1. The lowest BCUT2D eigenvalue weighted by Crippen LogP contribution is -2.07. The van der Waals surface area contributed by atoms with E-state index >= 15 is 0 Å². The second-order valence-corrected chi connectivity index (χ2v) is 5.53. The second kappa shape index (κ2) is 4.17. The summed E-state index contributed by atoms with van der Waals surface area (Å²) in [6.07, 6.45) is 4.60. The molecule has 0 saturated heterocycles. The van der Waals surface area contributed by atoms with Crippen LogP contribution in [0.25, 0.3) is 22.4 Å². The van der Waals surface area contributed by atoms with Gasteiger partial charge in [-0.3, -0.25) is 14.9 Å². The van der Waals surface area contributed by atoms with Crippen molar-refractivity contribution in [2.75, 3.05) is 0 Å². The fraction of sp³-hybridized carbons (Fsp3) is 0.308. The Balaban J connectivity index is 1.96. The molecule has 3 heterocycles. The molecule has 0 fully saturated rings. The Kier molecular flexibility index (Phi) is 2.43. The number of H-pyrrole nitrogens is 4. The minimum atomic E-state index is -0.222. The third kappa shape index (κ3) is 1.66. The van der Waals surface area contributed by atoms with Crippen molar-refractivity contribution in [2.45, 2.75) is 25.7 Å². The molecule has 0 unspecified atom stereocenters. The molecule has 1 aliphatic rings. The Bertz CT molecular complexity index is 889. The minimum Gasteiger partial charge on any atom is -0.357 e. The van der Waals surface area contributed by atoms with Gasteiger partial charge >= 0.3 is 0 Å². The Morgan fingerprint density at radius 3 is 2.85 bits per heavy atom. The molecule has 20 heavy (non-hydrogen) atoms. The van der Waals surface area contributed by atoms with Gasteiger partial charge in [0.05, 0.1) is 11.4 Å². The second-order valence-electron chi connectivity index (χ2n) is 5.12. The van der Waals surface area contributed by atoms with Gasteiger partial charge in [0.1, 0.15) is 5.39 Å². The smallest absolute Gasteiger partial charge is 0.263 e. The van der Waals surface area contributed by atoms with E-state index in [2.05, 4.69) is 31.2 Å². The highest BCUT2D eigenvalue weighted by Gasteiger charge is 2.17. The molecule has 7 heteroatoms. The Labute approximate surface area is 118 Å². The topological polar surface area (TPSA) is 93.1 Å². The normalized spacial score (nSPS) is 14.6. The van der Waals surface area contributed by atoms with Gasteiger partial charge < -0.3 is 9.97 Å². The number of nitrogens with zero attached hydrogens (tertiary/aromatic N) is 1. The zero-order valence-electron chi connectivity index (χ0n) is 10.7. The fourth-order valence-corrected chi connectivity index (χ4v) is 3.08. The number of rotatable bonds is 1. The van der Waals surface area contributed by atoms with Gasteiger partial charge in [-0.25, -0.2) is 0 Å². The first-order valence-corrected chi connectivity index (χ1v) is 7.05. The molecule has 0 bridgehead atoms. The zero-order chi connectivity index (χ0) is 13.7. The third-order valence-electron chi connectivity index (χ3n) is 3.84. The number of hydrogen-bond acceptors (Lipinski definition) is 3. The quantitative estimate of drug-likeness (QED) is 0.517. The van der Waals surface area contributed by atoms with Crippen molar-refractivity contribution in [3.63, 3.8) is 0 Å². The van der Waals surface area contributed by atoms with Crippen molar-refractivity contribution in [3.05, 3.63) is 32.4 Å². The summed E-state index contributed by atoms with van der Waals surface area (Å²) in [6, 6.07) is 2.11. The van der Waals surface area contributed by atoms with E-state index in [1.54, 1.807) is 0 Å². The average molecular weight is 287 g/mol. The standard InChI is InChI=1S/C13H13N5OS/c19-12-9-10(17-18-11(9)15-13(20)16-12)8-5-6-3-1-2-4-7(6)14-8/h5,14H,1-4H2,(H3,15,16,17,18,19,20). The monoisotopic (exact) mass is 287 g/mol. The highest BCUT2D eigenvalue weighted by molar-refractivity contribution is 7.71. The van der Waals surface area contributed by atoms with Crippen LogP contribution in [0.4, 0.5) is 0 Å². The summed E-state index contributed by atoms with van der Waals surface area (Å²) in [5, 5.41) is 7.58. The maximum absolute atomic E-state index is 12.1. The molecule has 0 spiro atoms. The first kappa shape index (κ1) is 11.7. The van der Waals surface area contributed by atoms with Crippen LogP contribution in [-0.2, 0) is 12.8 Å². The molecule has 0 aliphatic heterocycles. The van der Waals surface area contributed by atoms with Crippen molar-refractivity contribution >= 4 is 23.3 Å². The number of nitrogens with one attached hydrogen (secondary N) is 4. The van der Waals surface area contributed by atoms with Crippen molar-refractivity contribution in [1.82, 2.24) is 25.1 Å². The van der Waals surface area contributed by atoms with Gasteiger partial charge in [-0.2, -0.15) is 5.10 Å². The van der Waals surface area contributed by atoms with Crippen LogP contribution in [-0.4, -0.2) is 25.1 Å². The fourth-order valence-electron chi connectivity index (χ4n) is 2.89. The van der Waals surface area contributed by atoms with Crippen molar-refractivity contribution in [1.29, 1.82) is 0 Å². The summed E-state index contributed by atoms with van der Waals surface area (Å²) in [5.74, 6) is 0. The van der Waals surface area contributed by atoms with E-state index in [-0.39, 0.29) is 10.3 Å².